The summed E-state index contributed by atoms with van der Waals surface area (Å²) in [5.74, 6) is 0.0588. The fourth-order valence-electron chi connectivity index (χ4n) is 2.84. The van der Waals surface area contributed by atoms with Gasteiger partial charge in [-0.1, -0.05) is 29.8 Å². The summed E-state index contributed by atoms with van der Waals surface area (Å²) in [5, 5.41) is 1.65. The minimum Gasteiger partial charge on any atom is -0.322 e. The number of hydrogen-bond donors (Lipinski definition) is 0. The lowest BCUT2D eigenvalue weighted by Crippen LogP contribution is -2.42. The molecule has 0 aromatic heterocycles. The molecule has 124 valence electrons. The zero-order valence-electron chi connectivity index (χ0n) is 13.7. The summed E-state index contributed by atoms with van der Waals surface area (Å²) in [7, 11) is 2.03. The summed E-state index contributed by atoms with van der Waals surface area (Å²) in [6, 6.07) is 17.3. The van der Waals surface area contributed by atoms with Crippen molar-refractivity contribution in [2.24, 2.45) is 0 Å². The maximum Gasteiger partial charge on any atom is 0.192 e. The molecule has 2 aromatic carbocycles. The van der Waals surface area contributed by atoms with Crippen LogP contribution in [0.1, 0.15) is 10.4 Å². The van der Waals surface area contributed by atoms with Crippen molar-refractivity contribution in [1.82, 2.24) is 4.90 Å². The Bertz CT molecular complexity index is 759. The number of thioether (sulfide) groups is 1. The third-order valence-corrected chi connectivity index (χ3v) is 5.06. The largest absolute Gasteiger partial charge is 0.322 e. The molecule has 24 heavy (non-hydrogen) atoms. The predicted octanol–water partition coefficient (Wildman–Crippen LogP) is 4.51. The minimum atomic E-state index is 0.0588. The Morgan fingerprint density at radius 1 is 1.08 bits per heavy atom. The molecule has 0 bridgehead atoms. The fraction of sp³-hybridized carbons (Fsp3) is 0.211. The van der Waals surface area contributed by atoms with E-state index in [1.807, 2.05) is 31.5 Å². The number of rotatable bonds is 4. The summed E-state index contributed by atoms with van der Waals surface area (Å²) in [6.45, 7) is 1.40. The molecule has 2 aromatic rings. The molecule has 0 spiro atoms. The van der Waals surface area contributed by atoms with E-state index in [0.717, 1.165) is 23.0 Å². The number of anilines is 1. The van der Waals surface area contributed by atoms with Gasteiger partial charge in [0.05, 0.1) is 11.7 Å². The number of Topliss-reactive ketones (excluding diaryl/α,β-unsaturated/α-hetero) is 1. The molecule has 0 atom stereocenters. The van der Waals surface area contributed by atoms with E-state index in [1.165, 1.54) is 0 Å². The van der Waals surface area contributed by atoms with Crippen LogP contribution in [-0.4, -0.2) is 37.2 Å². The van der Waals surface area contributed by atoms with Crippen LogP contribution in [0.25, 0.3) is 0 Å². The first-order valence-electron chi connectivity index (χ1n) is 7.68. The van der Waals surface area contributed by atoms with Gasteiger partial charge in [-0.2, -0.15) is 0 Å². The van der Waals surface area contributed by atoms with Gasteiger partial charge in [0, 0.05) is 28.4 Å². The Hall–Kier alpha value is -1.75. The first-order chi connectivity index (χ1) is 11.6. The van der Waals surface area contributed by atoms with Crippen molar-refractivity contribution in [3.63, 3.8) is 0 Å². The lowest BCUT2D eigenvalue weighted by Gasteiger charge is -2.37. The summed E-state index contributed by atoms with van der Waals surface area (Å²) >= 11 is 7.56. The molecule has 0 amide bonds. The van der Waals surface area contributed by atoms with E-state index < -0.39 is 0 Å². The first-order valence-corrected chi connectivity index (χ1v) is 9.29. The number of hydrogen-bond acceptors (Lipinski definition) is 4. The monoisotopic (exact) mass is 358 g/mol. The number of nitrogens with zero attached hydrogens (tertiary/aromatic N) is 2. The van der Waals surface area contributed by atoms with Crippen molar-refractivity contribution in [1.29, 1.82) is 0 Å². The zero-order chi connectivity index (χ0) is 17.1. The lowest BCUT2D eigenvalue weighted by molar-refractivity contribution is 0.102. The van der Waals surface area contributed by atoms with Crippen LogP contribution < -0.4 is 4.90 Å². The smallest absolute Gasteiger partial charge is 0.192 e. The summed E-state index contributed by atoms with van der Waals surface area (Å²) in [5.41, 5.74) is 2.58. The van der Waals surface area contributed by atoms with Crippen LogP contribution in [0.15, 0.2) is 65.2 Å². The van der Waals surface area contributed by atoms with Gasteiger partial charge in [-0.25, -0.2) is 0 Å². The topological polar surface area (TPSA) is 23.6 Å². The van der Waals surface area contributed by atoms with Crippen LogP contribution in [0.5, 0.6) is 0 Å². The van der Waals surface area contributed by atoms with Crippen molar-refractivity contribution in [2.75, 3.05) is 31.4 Å². The van der Waals surface area contributed by atoms with Crippen LogP contribution in [0.4, 0.5) is 5.69 Å². The maximum atomic E-state index is 13.0. The van der Waals surface area contributed by atoms with Gasteiger partial charge in [-0.15, -0.1) is 11.8 Å². The van der Waals surface area contributed by atoms with E-state index in [2.05, 4.69) is 21.9 Å². The van der Waals surface area contributed by atoms with E-state index in [4.69, 9.17) is 11.6 Å². The molecule has 5 heteroatoms. The highest BCUT2D eigenvalue weighted by molar-refractivity contribution is 8.02. The second kappa shape index (κ2) is 7.43. The minimum absolute atomic E-state index is 0.0588. The summed E-state index contributed by atoms with van der Waals surface area (Å²) < 4.78 is 0. The van der Waals surface area contributed by atoms with Gasteiger partial charge in [-0.05, 0) is 49.7 Å². The van der Waals surface area contributed by atoms with Gasteiger partial charge in [0.25, 0.3) is 0 Å². The molecular weight excluding hydrogens is 340 g/mol. The standard InChI is InChI=1S/C19H19ClN2OS/c1-21-12-17(18(23)14-8-10-15(20)11-9-14)19(24-2)22(13-21)16-6-4-3-5-7-16/h3-11H,12-13H2,1-2H3. The number of halogens is 1. The van der Waals surface area contributed by atoms with E-state index in [9.17, 15) is 4.79 Å². The molecule has 3 rings (SSSR count). The number of likely N-dealkylation sites (N-methyl/N-ethyl adjacent to an activating group) is 1. The van der Waals surface area contributed by atoms with Gasteiger partial charge in [-0.3, -0.25) is 9.69 Å². The highest BCUT2D eigenvalue weighted by atomic mass is 35.5. The molecule has 3 nitrogen and oxygen atoms in total. The van der Waals surface area contributed by atoms with Gasteiger partial charge in [0.1, 0.15) is 0 Å². The lowest BCUT2D eigenvalue weighted by atomic mass is 10.0. The molecule has 0 unspecified atom stereocenters. The average molecular weight is 359 g/mol. The van der Waals surface area contributed by atoms with E-state index >= 15 is 0 Å². The zero-order valence-corrected chi connectivity index (χ0v) is 15.3. The predicted molar refractivity (Wildman–Crippen MR) is 103 cm³/mol. The second-order valence-electron chi connectivity index (χ2n) is 5.74. The molecule has 0 aliphatic carbocycles. The van der Waals surface area contributed by atoms with E-state index in [1.54, 1.807) is 36.0 Å². The normalized spacial score (nSPS) is 15.7. The van der Waals surface area contributed by atoms with E-state index in [0.29, 0.717) is 17.1 Å². The summed E-state index contributed by atoms with van der Waals surface area (Å²) in [6.07, 6.45) is 2.02. The Kier molecular flexibility index (Phi) is 5.29. The average Bonchev–Trinajstić information content (AvgIpc) is 2.61. The van der Waals surface area contributed by atoms with Crippen LogP contribution in [0.3, 0.4) is 0 Å². The SMILES string of the molecule is CSC1=C(C(=O)c2ccc(Cl)cc2)CN(C)CN1c1ccccc1. The molecule has 0 saturated heterocycles. The summed E-state index contributed by atoms with van der Waals surface area (Å²) in [4.78, 5) is 17.4. The van der Waals surface area contributed by atoms with Crippen molar-refractivity contribution in [3.05, 3.63) is 75.8 Å². The fourth-order valence-corrected chi connectivity index (χ4v) is 3.75. The van der Waals surface area contributed by atoms with Gasteiger partial charge in [0.2, 0.25) is 0 Å². The number of benzene rings is 2. The Morgan fingerprint density at radius 3 is 2.38 bits per heavy atom. The number of carbonyl (C=O) groups is 1. The Morgan fingerprint density at radius 2 is 1.75 bits per heavy atom. The third-order valence-electron chi connectivity index (χ3n) is 3.96. The number of para-hydroxylation sites is 1. The molecule has 0 fully saturated rings. The Balaban J connectivity index is 2.03. The van der Waals surface area contributed by atoms with Gasteiger partial charge >= 0.3 is 0 Å². The molecular formula is C19H19ClN2OS. The quantitative estimate of drug-likeness (QED) is 0.750. The van der Waals surface area contributed by atoms with Crippen molar-refractivity contribution in [3.8, 4) is 0 Å². The molecule has 1 heterocycles. The van der Waals surface area contributed by atoms with Crippen molar-refractivity contribution < 1.29 is 4.79 Å². The maximum absolute atomic E-state index is 13.0. The molecule has 0 saturated carbocycles. The molecule has 0 radical (unpaired) electrons. The van der Waals surface area contributed by atoms with Gasteiger partial charge in [0.15, 0.2) is 5.78 Å². The molecule has 0 N–H and O–H groups in total. The van der Waals surface area contributed by atoms with Crippen LogP contribution in [0.2, 0.25) is 5.02 Å². The first kappa shape index (κ1) is 17.1. The highest BCUT2D eigenvalue weighted by Crippen LogP contribution is 2.33. The highest BCUT2D eigenvalue weighted by Gasteiger charge is 2.28. The Labute approximate surface area is 151 Å². The molecule has 1 aliphatic heterocycles. The van der Waals surface area contributed by atoms with Gasteiger partial charge < -0.3 is 4.90 Å². The van der Waals surface area contributed by atoms with Crippen LogP contribution >= 0.6 is 23.4 Å². The number of carbonyl (C=O) groups excluding carboxylic acids is 1. The molecule has 1 aliphatic rings. The van der Waals surface area contributed by atoms with Crippen molar-refractivity contribution in [2.45, 2.75) is 0 Å². The van der Waals surface area contributed by atoms with E-state index in [-0.39, 0.29) is 5.78 Å². The number of ketones is 1. The van der Waals surface area contributed by atoms with Crippen LogP contribution in [-0.2, 0) is 0 Å². The third kappa shape index (κ3) is 3.51. The second-order valence-corrected chi connectivity index (χ2v) is 6.97. The van der Waals surface area contributed by atoms with Crippen molar-refractivity contribution >= 4 is 34.8 Å². The van der Waals surface area contributed by atoms with Crippen LogP contribution in [0, 0.1) is 0 Å².